The minimum absolute atomic E-state index is 0.484. The number of aromatic nitrogens is 2. The molecule has 4 nitrogen and oxygen atoms in total. The average Bonchev–Trinajstić information content (AvgIpc) is 3.07. The Labute approximate surface area is 102 Å². The molecule has 1 aromatic rings. The number of ether oxygens (including phenoxy) is 1. The van der Waals surface area contributed by atoms with E-state index in [1.807, 2.05) is 6.20 Å². The summed E-state index contributed by atoms with van der Waals surface area (Å²) >= 11 is 0. The van der Waals surface area contributed by atoms with Crippen LogP contribution in [-0.4, -0.2) is 29.5 Å². The van der Waals surface area contributed by atoms with Gasteiger partial charge >= 0.3 is 0 Å². The highest BCUT2D eigenvalue weighted by Gasteiger charge is 2.25. The Hall–Kier alpha value is -0.870. The van der Waals surface area contributed by atoms with Gasteiger partial charge in [0.25, 0.3) is 0 Å². The second-order valence-electron chi connectivity index (χ2n) is 5.17. The van der Waals surface area contributed by atoms with Gasteiger partial charge in [0.05, 0.1) is 18.5 Å². The van der Waals surface area contributed by atoms with E-state index in [1.165, 1.54) is 24.1 Å². The molecule has 0 radical (unpaired) electrons. The molecule has 94 valence electrons. The summed E-state index contributed by atoms with van der Waals surface area (Å²) in [7, 11) is 0. The van der Waals surface area contributed by atoms with Gasteiger partial charge in [-0.2, -0.15) is 5.10 Å². The first kappa shape index (κ1) is 11.2. The SMILES string of the molecule is CCn1ncc2c1CNC[C@H]2COCC1CC1. The van der Waals surface area contributed by atoms with Crippen LogP contribution in [-0.2, 0) is 17.8 Å². The molecule has 1 aliphatic carbocycles. The topological polar surface area (TPSA) is 39.1 Å². The van der Waals surface area contributed by atoms with Gasteiger partial charge in [-0.15, -0.1) is 0 Å². The highest BCUT2D eigenvalue weighted by molar-refractivity contribution is 5.25. The van der Waals surface area contributed by atoms with E-state index in [0.717, 1.165) is 38.8 Å². The predicted octanol–water partition coefficient (Wildman–Crippen LogP) is 1.52. The quantitative estimate of drug-likeness (QED) is 0.841. The molecule has 0 unspecified atom stereocenters. The zero-order chi connectivity index (χ0) is 11.7. The molecule has 2 aliphatic rings. The van der Waals surface area contributed by atoms with E-state index in [9.17, 15) is 0 Å². The summed E-state index contributed by atoms with van der Waals surface area (Å²) in [4.78, 5) is 0. The maximum absolute atomic E-state index is 5.82. The van der Waals surface area contributed by atoms with Crippen molar-refractivity contribution in [2.45, 2.75) is 38.8 Å². The van der Waals surface area contributed by atoms with Crippen LogP contribution >= 0.6 is 0 Å². The van der Waals surface area contributed by atoms with Crippen LogP contribution < -0.4 is 5.32 Å². The maximum atomic E-state index is 5.82. The van der Waals surface area contributed by atoms with Crippen LogP contribution in [0.3, 0.4) is 0 Å². The molecule has 1 N–H and O–H groups in total. The Kier molecular flexibility index (Phi) is 3.16. The van der Waals surface area contributed by atoms with E-state index in [0.29, 0.717) is 5.92 Å². The molecule has 1 saturated carbocycles. The van der Waals surface area contributed by atoms with E-state index in [4.69, 9.17) is 4.74 Å². The molecule has 1 aliphatic heterocycles. The van der Waals surface area contributed by atoms with Crippen LogP contribution in [0, 0.1) is 5.92 Å². The van der Waals surface area contributed by atoms with Crippen molar-refractivity contribution in [3.63, 3.8) is 0 Å². The van der Waals surface area contributed by atoms with Gasteiger partial charge in [0, 0.05) is 37.7 Å². The molecule has 3 rings (SSSR count). The molecule has 2 heterocycles. The number of rotatable bonds is 5. The first-order chi connectivity index (χ1) is 8.38. The van der Waals surface area contributed by atoms with Gasteiger partial charge in [-0.1, -0.05) is 0 Å². The minimum Gasteiger partial charge on any atom is -0.380 e. The Bertz CT molecular complexity index is 384. The average molecular weight is 235 g/mol. The van der Waals surface area contributed by atoms with Gasteiger partial charge in [0.15, 0.2) is 0 Å². The number of nitrogens with one attached hydrogen (secondary N) is 1. The molecule has 1 atom stereocenters. The van der Waals surface area contributed by atoms with Crippen LogP contribution in [0.4, 0.5) is 0 Å². The Morgan fingerprint density at radius 3 is 3.12 bits per heavy atom. The molecule has 0 bridgehead atoms. The van der Waals surface area contributed by atoms with E-state index >= 15 is 0 Å². The van der Waals surface area contributed by atoms with E-state index in [1.54, 1.807) is 0 Å². The third-order valence-corrected chi connectivity index (χ3v) is 3.77. The third-order valence-electron chi connectivity index (χ3n) is 3.77. The van der Waals surface area contributed by atoms with Crippen molar-refractivity contribution < 1.29 is 4.74 Å². The molecule has 0 saturated heterocycles. The summed E-state index contributed by atoms with van der Waals surface area (Å²) in [6.45, 7) is 6.85. The van der Waals surface area contributed by atoms with E-state index < -0.39 is 0 Å². The van der Waals surface area contributed by atoms with Crippen LogP contribution in [0.2, 0.25) is 0 Å². The van der Waals surface area contributed by atoms with Crippen molar-refractivity contribution in [1.29, 1.82) is 0 Å². The number of hydrogen-bond acceptors (Lipinski definition) is 3. The van der Waals surface area contributed by atoms with E-state index in [2.05, 4.69) is 22.0 Å². The smallest absolute Gasteiger partial charge is 0.0558 e. The van der Waals surface area contributed by atoms with Crippen molar-refractivity contribution in [2.24, 2.45) is 5.92 Å². The molecule has 1 aromatic heterocycles. The zero-order valence-corrected chi connectivity index (χ0v) is 10.5. The fraction of sp³-hybridized carbons (Fsp3) is 0.769. The summed E-state index contributed by atoms with van der Waals surface area (Å²) in [6.07, 6.45) is 4.76. The van der Waals surface area contributed by atoms with Crippen LogP contribution in [0.25, 0.3) is 0 Å². The van der Waals surface area contributed by atoms with Crippen molar-refractivity contribution in [3.8, 4) is 0 Å². The Balaban J connectivity index is 1.63. The zero-order valence-electron chi connectivity index (χ0n) is 10.5. The van der Waals surface area contributed by atoms with Crippen molar-refractivity contribution in [2.75, 3.05) is 19.8 Å². The molecule has 1 fully saturated rings. The number of fused-ring (bicyclic) bond motifs is 1. The monoisotopic (exact) mass is 235 g/mol. The normalized spacial score (nSPS) is 23.7. The number of aryl methyl sites for hydroxylation is 1. The molecular weight excluding hydrogens is 214 g/mol. The van der Waals surface area contributed by atoms with Gasteiger partial charge < -0.3 is 10.1 Å². The van der Waals surface area contributed by atoms with Crippen LogP contribution in [0.5, 0.6) is 0 Å². The molecule has 17 heavy (non-hydrogen) atoms. The Morgan fingerprint density at radius 1 is 1.47 bits per heavy atom. The summed E-state index contributed by atoms with van der Waals surface area (Å²) in [5.74, 6) is 1.34. The highest BCUT2D eigenvalue weighted by Crippen LogP contribution is 2.30. The van der Waals surface area contributed by atoms with Crippen LogP contribution in [0.1, 0.15) is 36.9 Å². The second kappa shape index (κ2) is 4.78. The van der Waals surface area contributed by atoms with Gasteiger partial charge in [0.1, 0.15) is 0 Å². The first-order valence-electron chi connectivity index (χ1n) is 6.71. The Morgan fingerprint density at radius 2 is 2.35 bits per heavy atom. The molecule has 0 amide bonds. The van der Waals surface area contributed by atoms with Crippen molar-refractivity contribution in [1.82, 2.24) is 15.1 Å². The van der Waals surface area contributed by atoms with Crippen molar-refractivity contribution >= 4 is 0 Å². The lowest BCUT2D eigenvalue weighted by Gasteiger charge is -2.24. The van der Waals surface area contributed by atoms with E-state index in [-0.39, 0.29) is 0 Å². The summed E-state index contributed by atoms with van der Waals surface area (Å²) in [5, 5.41) is 7.91. The summed E-state index contributed by atoms with van der Waals surface area (Å²) < 4.78 is 7.91. The number of hydrogen-bond donors (Lipinski definition) is 1. The third kappa shape index (κ3) is 2.38. The van der Waals surface area contributed by atoms with Crippen molar-refractivity contribution in [3.05, 3.63) is 17.5 Å². The molecular formula is C13H21N3O. The maximum Gasteiger partial charge on any atom is 0.0558 e. The second-order valence-corrected chi connectivity index (χ2v) is 5.17. The van der Waals surface area contributed by atoms with Gasteiger partial charge in [0.2, 0.25) is 0 Å². The lowest BCUT2D eigenvalue weighted by molar-refractivity contribution is 0.108. The van der Waals surface area contributed by atoms with Gasteiger partial charge in [-0.3, -0.25) is 4.68 Å². The lowest BCUT2D eigenvalue weighted by atomic mass is 9.97. The first-order valence-corrected chi connectivity index (χ1v) is 6.71. The van der Waals surface area contributed by atoms with Gasteiger partial charge in [-0.25, -0.2) is 0 Å². The summed E-state index contributed by atoms with van der Waals surface area (Å²) in [6, 6.07) is 0. The highest BCUT2D eigenvalue weighted by atomic mass is 16.5. The number of nitrogens with zero attached hydrogens (tertiary/aromatic N) is 2. The largest absolute Gasteiger partial charge is 0.380 e. The van der Waals surface area contributed by atoms with Crippen LogP contribution in [0.15, 0.2) is 6.20 Å². The molecule has 0 aromatic carbocycles. The lowest BCUT2D eigenvalue weighted by Crippen LogP contribution is -2.31. The minimum atomic E-state index is 0.484. The standard InChI is InChI=1S/C13H21N3O/c1-2-16-13-7-14-5-11(12(13)6-15-16)9-17-8-10-3-4-10/h6,10-11,14H,2-5,7-9H2,1H3/t11-/m0/s1. The molecule has 4 heteroatoms. The molecule has 0 spiro atoms. The fourth-order valence-corrected chi connectivity index (χ4v) is 2.52. The fourth-order valence-electron chi connectivity index (χ4n) is 2.52. The predicted molar refractivity (Wildman–Crippen MR) is 65.9 cm³/mol. The summed E-state index contributed by atoms with van der Waals surface area (Å²) in [5.41, 5.74) is 2.74. The van der Waals surface area contributed by atoms with Gasteiger partial charge in [-0.05, 0) is 25.7 Å².